The number of benzene rings is 5. The Labute approximate surface area is 328 Å². The molecule has 0 saturated heterocycles. The number of methoxy groups -OCH3 is 3. The molecule has 0 fully saturated rings. The van der Waals surface area contributed by atoms with E-state index >= 15 is 0 Å². The molecule has 2 atom stereocenters. The van der Waals surface area contributed by atoms with Crippen molar-refractivity contribution in [3.63, 3.8) is 0 Å². The number of rotatable bonds is 7. The van der Waals surface area contributed by atoms with E-state index in [9.17, 15) is 4.79 Å². The van der Waals surface area contributed by atoms with Gasteiger partial charge in [-0.3, -0.25) is 9.80 Å². The van der Waals surface area contributed by atoms with Crippen LogP contribution >= 0.6 is 0 Å². The first-order valence-electron chi connectivity index (χ1n) is 19.2. The molecular weight excluding hydrogens is 709 g/mol. The van der Waals surface area contributed by atoms with Gasteiger partial charge in [-0.2, -0.15) is 0 Å². The highest BCUT2D eigenvalue weighted by Gasteiger charge is 2.36. The van der Waals surface area contributed by atoms with E-state index in [1.54, 1.807) is 45.6 Å². The van der Waals surface area contributed by atoms with Gasteiger partial charge in [0, 0.05) is 30.7 Å². The van der Waals surface area contributed by atoms with Crippen LogP contribution in [-0.2, 0) is 25.7 Å². The summed E-state index contributed by atoms with van der Waals surface area (Å²) in [6, 6.07) is 27.4. The summed E-state index contributed by atoms with van der Waals surface area (Å²) < 4.78 is 43.4. The average molecular weight is 757 g/mol. The van der Waals surface area contributed by atoms with Crippen LogP contribution in [0.1, 0.15) is 62.7 Å². The molecule has 0 saturated carbocycles. The van der Waals surface area contributed by atoms with Crippen molar-refractivity contribution in [1.82, 2.24) is 9.80 Å². The normalized spacial score (nSPS) is 17.7. The molecule has 0 spiro atoms. The van der Waals surface area contributed by atoms with E-state index in [2.05, 4.69) is 54.2 Å². The number of fused-ring (bicyclic) bond motifs is 2. The summed E-state index contributed by atoms with van der Waals surface area (Å²) in [6.45, 7) is 4.14. The van der Waals surface area contributed by atoms with E-state index < -0.39 is 5.97 Å². The molecule has 4 heterocycles. The van der Waals surface area contributed by atoms with Crippen LogP contribution in [0.4, 0.5) is 0 Å². The molecule has 10 heteroatoms. The lowest BCUT2D eigenvalue weighted by Crippen LogP contribution is -2.34. The predicted molar refractivity (Wildman–Crippen MR) is 214 cm³/mol. The number of carbonyl (C=O) groups excluding carboxylic acids is 1. The monoisotopic (exact) mass is 756 g/mol. The lowest BCUT2D eigenvalue weighted by atomic mass is 9.87. The molecule has 4 aliphatic rings. The van der Waals surface area contributed by atoms with Crippen molar-refractivity contribution in [3.8, 4) is 51.7 Å². The number of hydrogen-bond donors (Lipinski definition) is 0. The summed E-state index contributed by atoms with van der Waals surface area (Å²) in [7, 11) is 9.18. The zero-order valence-corrected chi connectivity index (χ0v) is 32.8. The van der Waals surface area contributed by atoms with Crippen molar-refractivity contribution in [1.29, 1.82) is 0 Å². The molecule has 5 aromatic carbocycles. The third-order valence-electron chi connectivity index (χ3n) is 11.2. The highest BCUT2D eigenvalue weighted by atomic mass is 16.6. The summed E-state index contributed by atoms with van der Waals surface area (Å²) in [5.74, 6) is 4.28. The van der Waals surface area contributed by atoms with Crippen LogP contribution in [0.5, 0.6) is 51.7 Å². The van der Waals surface area contributed by atoms with Gasteiger partial charge in [-0.1, -0.05) is 18.2 Å². The molecule has 5 aromatic rings. The van der Waals surface area contributed by atoms with E-state index in [0.29, 0.717) is 58.8 Å². The summed E-state index contributed by atoms with van der Waals surface area (Å²) in [5.41, 5.74) is 6.92. The van der Waals surface area contributed by atoms with Gasteiger partial charge in [0.2, 0.25) is 5.75 Å². The molecule has 290 valence electrons. The minimum atomic E-state index is -0.548. The fourth-order valence-corrected chi connectivity index (χ4v) is 8.18. The zero-order valence-electron chi connectivity index (χ0n) is 32.8. The van der Waals surface area contributed by atoms with Gasteiger partial charge in [-0.15, -0.1) is 0 Å². The molecule has 0 N–H and O–H groups in total. The van der Waals surface area contributed by atoms with E-state index in [0.717, 1.165) is 60.4 Å². The number of likely N-dealkylation sites (N-methyl/N-ethyl adjacent to an activating group) is 2. The smallest absolute Gasteiger partial charge is 0.343 e. The number of hydrogen-bond acceptors (Lipinski definition) is 10. The summed E-state index contributed by atoms with van der Waals surface area (Å²) in [6.07, 6.45) is 2.99. The van der Waals surface area contributed by atoms with Crippen molar-refractivity contribution in [3.05, 3.63) is 124 Å². The Morgan fingerprint density at radius 1 is 0.696 bits per heavy atom. The van der Waals surface area contributed by atoms with Crippen molar-refractivity contribution in [2.45, 2.75) is 44.7 Å². The Morgan fingerprint density at radius 2 is 1.34 bits per heavy atom. The second-order valence-corrected chi connectivity index (χ2v) is 14.6. The van der Waals surface area contributed by atoms with E-state index in [1.807, 2.05) is 37.3 Å². The number of esters is 1. The molecule has 6 bridgehead atoms. The summed E-state index contributed by atoms with van der Waals surface area (Å²) in [5, 5.41) is 0. The van der Waals surface area contributed by atoms with Crippen LogP contribution in [-0.4, -0.2) is 70.9 Å². The first-order chi connectivity index (χ1) is 27.3. The second kappa shape index (κ2) is 15.8. The van der Waals surface area contributed by atoms with Crippen molar-refractivity contribution < 1.29 is 38.0 Å². The first kappa shape index (κ1) is 37.2. The van der Waals surface area contributed by atoms with Gasteiger partial charge in [0.15, 0.2) is 34.5 Å². The first-order valence-corrected chi connectivity index (χ1v) is 19.2. The minimum absolute atomic E-state index is 0.0736. The van der Waals surface area contributed by atoms with Crippen LogP contribution in [0, 0.1) is 0 Å². The average Bonchev–Trinajstić information content (AvgIpc) is 3.21. The van der Waals surface area contributed by atoms with E-state index in [4.69, 9.17) is 33.2 Å². The zero-order chi connectivity index (χ0) is 38.9. The third-order valence-corrected chi connectivity index (χ3v) is 11.2. The van der Waals surface area contributed by atoms with Crippen molar-refractivity contribution in [2.24, 2.45) is 0 Å². The second-order valence-electron chi connectivity index (χ2n) is 14.6. The Hall–Kier alpha value is -5.71. The molecule has 9 rings (SSSR count). The topological polar surface area (TPSA) is 88.2 Å². The van der Waals surface area contributed by atoms with Gasteiger partial charge < -0.3 is 33.2 Å². The highest BCUT2D eigenvalue weighted by molar-refractivity contribution is 5.92. The summed E-state index contributed by atoms with van der Waals surface area (Å²) >= 11 is 0. The highest BCUT2D eigenvalue weighted by Crippen LogP contribution is 2.52. The van der Waals surface area contributed by atoms with Gasteiger partial charge in [0.1, 0.15) is 11.5 Å². The van der Waals surface area contributed by atoms with Crippen LogP contribution in [0.15, 0.2) is 84.9 Å². The van der Waals surface area contributed by atoms with Crippen LogP contribution in [0.25, 0.3) is 0 Å². The maximum atomic E-state index is 14.0. The molecule has 0 aliphatic carbocycles. The van der Waals surface area contributed by atoms with E-state index in [-0.39, 0.29) is 17.8 Å². The molecule has 0 unspecified atom stereocenters. The predicted octanol–water partition coefficient (Wildman–Crippen LogP) is 8.77. The minimum Gasteiger partial charge on any atom is -0.494 e. The number of carbonyl (C=O) groups is 1. The Bertz CT molecular complexity index is 2240. The van der Waals surface area contributed by atoms with Gasteiger partial charge >= 0.3 is 5.97 Å². The fourth-order valence-electron chi connectivity index (χ4n) is 8.18. The molecule has 0 aromatic heterocycles. The third kappa shape index (κ3) is 7.22. The van der Waals surface area contributed by atoms with Gasteiger partial charge in [-0.05, 0) is 141 Å². The molecule has 10 nitrogen and oxygen atoms in total. The SMILES string of the molecule is CCOc1ccc(C(=O)Oc2c(OC)cc3c4c2Oc2cc5c(cc2OC)CCN(C)[C@H]5Cc2ccc(cc2)Oc2cc(ccc2OC)C[C@@H]4N(C)CC3)cc1. The molecular formula is C46H48N2O8. The Kier molecular flexibility index (Phi) is 10.5. The lowest BCUT2D eigenvalue weighted by Gasteiger charge is -2.37. The Balaban J connectivity index is 1.34. The maximum absolute atomic E-state index is 14.0. The fraction of sp³-hybridized carbons (Fsp3) is 0.326. The number of nitrogens with zero attached hydrogens (tertiary/aromatic N) is 2. The quantitative estimate of drug-likeness (QED) is 0.119. The van der Waals surface area contributed by atoms with Gasteiger partial charge in [-0.25, -0.2) is 4.79 Å². The van der Waals surface area contributed by atoms with Crippen molar-refractivity contribution >= 4 is 5.97 Å². The maximum Gasteiger partial charge on any atom is 0.343 e. The molecule has 0 amide bonds. The van der Waals surface area contributed by atoms with Gasteiger partial charge in [0.25, 0.3) is 0 Å². The van der Waals surface area contributed by atoms with Crippen LogP contribution in [0.3, 0.4) is 0 Å². The Morgan fingerprint density at radius 3 is 2.05 bits per heavy atom. The van der Waals surface area contributed by atoms with Crippen LogP contribution in [0.2, 0.25) is 0 Å². The molecule has 0 radical (unpaired) electrons. The number of ether oxygens (including phenoxy) is 7. The van der Waals surface area contributed by atoms with Gasteiger partial charge in [0.05, 0.1) is 33.5 Å². The standard InChI is InChI=1S/C46H48N2O8/c1-7-53-33-15-11-30(12-16-33)46(49)56-44-42(52-6)26-32-19-21-48(3)37-23-29-10-17-38(50-4)40(24-29)54-34-13-8-28(9-14-34)22-36-35-27-41(55-45(44)43(32)37)39(51-5)25-31(35)18-20-47(36)2/h8-17,24-27,36-37H,7,18-23H2,1-6H3/t36-,37-/m0/s1. The molecule has 56 heavy (non-hydrogen) atoms. The van der Waals surface area contributed by atoms with Crippen molar-refractivity contribution in [2.75, 3.05) is 55.1 Å². The summed E-state index contributed by atoms with van der Waals surface area (Å²) in [4.78, 5) is 18.7. The largest absolute Gasteiger partial charge is 0.494 e. The lowest BCUT2D eigenvalue weighted by molar-refractivity contribution is 0.0724. The van der Waals surface area contributed by atoms with E-state index in [1.165, 1.54) is 11.1 Å². The van der Waals surface area contributed by atoms with Crippen LogP contribution < -0.4 is 33.2 Å². The molecule has 4 aliphatic heterocycles.